The molecule has 0 radical (unpaired) electrons. The molecule has 1 atom stereocenters. The molecule has 6 nitrogen and oxygen atoms in total. The first-order valence-electron chi connectivity index (χ1n) is 10.8. The van der Waals surface area contributed by atoms with Crippen LogP contribution in [0.1, 0.15) is 22.9 Å². The standard InChI is InChI=1S/C27H20Cl2N2O4/c1-14-22(18-8-3-4-9-20(18)30-14)24-23(25(32)15-10-11-21(35-2)19(29)12-15)26(33)27(34)31(24)17-7-5-6-16(28)13-17/h3-13,24,30,32H,1-2H3/b25-23+. The van der Waals surface area contributed by atoms with E-state index in [1.54, 1.807) is 36.4 Å². The molecule has 1 aliphatic rings. The Bertz CT molecular complexity index is 1540. The van der Waals surface area contributed by atoms with E-state index < -0.39 is 17.7 Å². The molecular formula is C27H20Cl2N2O4. The normalized spacial score (nSPS) is 17.4. The molecule has 1 aliphatic heterocycles. The summed E-state index contributed by atoms with van der Waals surface area (Å²) in [5.74, 6) is -1.47. The van der Waals surface area contributed by atoms with E-state index in [9.17, 15) is 14.7 Å². The lowest BCUT2D eigenvalue weighted by Gasteiger charge is -2.26. The number of aliphatic hydroxyl groups is 1. The van der Waals surface area contributed by atoms with Gasteiger partial charge in [0.15, 0.2) is 0 Å². The summed E-state index contributed by atoms with van der Waals surface area (Å²) < 4.78 is 5.20. The van der Waals surface area contributed by atoms with Crippen molar-refractivity contribution < 1.29 is 19.4 Å². The van der Waals surface area contributed by atoms with E-state index in [-0.39, 0.29) is 16.4 Å². The number of ketones is 1. The van der Waals surface area contributed by atoms with Crippen LogP contribution in [0, 0.1) is 6.92 Å². The summed E-state index contributed by atoms with van der Waals surface area (Å²) in [6, 6.07) is 18.1. The minimum absolute atomic E-state index is 0.0379. The molecule has 1 fully saturated rings. The molecule has 5 rings (SSSR count). The Morgan fingerprint density at radius 2 is 1.80 bits per heavy atom. The quantitative estimate of drug-likeness (QED) is 0.190. The summed E-state index contributed by atoms with van der Waals surface area (Å²) in [7, 11) is 1.48. The maximum atomic E-state index is 13.4. The van der Waals surface area contributed by atoms with Crippen LogP contribution < -0.4 is 9.64 Å². The number of ether oxygens (including phenoxy) is 1. The van der Waals surface area contributed by atoms with Crippen LogP contribution in [-0.4, -0.2) is 28.9 Å². The number of carbonyl (C=O) groups excluding carboxylic acids is 2. The lowest BCUT2D eigenvalue weighted by Crippen LogP contribution is -2.29. The second kappa shape index (κ2) is 8.80. The fourth-order valence-corrected chi connectivity index (χ4v) is 5.06. The Balaban J connectivity index is 1.81. The third kappa shape index (κ3) is 3.75. The molecule has 2 heterocycles. The monoisotopic (exact) mass is 506 g/mol. The molecule has 1 amide bonds. The van der Waals surface area contributed by atoms with Gasteiger partial charge in [0.2, 0.25) is 0 Å². The van der Waals surface area contributed by atoms with Crippen molar-refractivity contribution in [2.24, 2.45) is 0 Å². The third-order valence-electron chi connectivity index (χ3n) is 6.17. The molecule has 0 aliphatic carbocycles. The van der Waals surface area contributed by atoms with Crippen LogP contribution >= 0.6 is 23.2 Å². The Morgan fingerprint density at radius 1 is 1.03 bits per heavy atom. The Hall–Kier alpha value is -3.74. The third-order valence-corrected chi connectivity index (χ3v) is 6.70. The van der Waals surface area contributed by atoms with E-state index in [2.05, 4.69) is 4.98 Å². The molecule has 176 valence electrons. The fourth-order valence-electron chi connectivity index (χ4n) is 4.62. The van der Waals surface area contributed by atoms with E-state index >= 15 is 0 Å². The van der Waals surface area contributed by atoms with Gasteiger partial charge in [-0.1, -0.05) is 47.5 Å². The number of aromatic amines is 1. The van der Waals surface area contributed by atoms with Crippen LogP contribution in [0.3, 0.4) is 0 Å². The van der Waals surface area contributed by atoms with E-state index in [0.717, 1.165) is 16.6 Å². The lowest BCUT2D eigenvalue weighted by atomic mass is 9.93. The topological polar surface area (TPSA) is 82.6 Å². The SMILES string of the molecule is COc1ccc(/C(O)=C2\C(=O)C(=O)N(c3cccc(Cl)c3)C2c2c(C)[nH]c3ccccc23)cc1Cl. The van der Waals surface area contributed by atoms with Gasteiger partial charge in [-0.15, -0.1) is 0 Å². The van der Waals surface area contributed by atoms with Crippen molar-refractivity contribution in [2.75, 3.05) is 12.0 Å². The number of para-hydroxylation sites is 1. The van der Waals surface area contributed by atoms with Crippen LogP contribution in [0.2, 0.25) is 10.0 Å². The molecular weight excluding hydrogens is 487 g/mol. The van der Waals surface area contributed by atoms with Crippen LogP contribution in [0.25, 0.3) is 16.7 Å². The fraction of sp³-hybridized carbons (Fsp3) is 0.111. The molecule has 8 heteroatoms. The second-order valence-corrected chi connectivity index (χ2v) is 9.05. The number of halogens is 2. The number of rotatable bonds is 4. The highest BCUT2D eigenvalue weighted by molar-refractivity contribution is 6.52. The number of hydrogen-bond acceptors (Lipinski definition) is 4. The number of anilines is 1. The molecule has 2 N–H and O–H groups in total. The number of fused-ring (bicyclic) bond motifs is 1. The smallest absolute Gasteiger partial charge is 0.300 e. The van der Waals surface area contributed by atoms with Gasteiger partial charge in [0.1, 0.15) is 11.5 Å². The summed E-state index contributed by atoms with van der Waals surface area (Å²) in [5.41, 5.74) is 3.03. The van der Waals surface area contributed by atoms with E-state index in [1.807, 2.05) is 31.2 Å². The van der Waals surface area contributed by atoms with Gasteiger partial charge < -0.3 is 14.8 Å². The zero-order chi connectivity index (χ0) is 24.9. The highest BCUT2D eigenvalue weighted by atomic mass is 35.5. The Labute approximate surface area is 211 Å². The van der Waals surface area contributed by atoms with Crippen molar-refractivity contribution >= 4 is 57.2 Å². The minimum Gasteiger partial charge on any atom is -0.507 e. The number of H-pyrrole nitrogens is 1. The van der Waals surface area contributed by atoms with Crippen LogP contribution in [0.4, 0.5) is 5.69 Å². The zero-order valence-corrected chi connectivity index (χ0v) is 20.3. The number of nitrogens with one attached hydrogen (secondary N) is 1. The minimum atomic E-state index is -0.898. The molecule has 0 bridgehead atoms. The van der Waals surface area contributed by atoms with Gasteiger partial charge in [0, 0.05) is 38.4 Å². The summed E-state index contributed by atoms with van der Waals surface area (Å²) in [6.07, 6.45) is 0. The number of aromatic nitrogens is 1. The number of nitrogens with zero attached hydrogens (tertiary/aromatic N) is 1. The summed E-state index contributed by atoms with van der Waals surface area (Å²) in [4.78, 5) is 31.6. The number of methoxy groups -OCH3 is 1. The number of aryl methyl sites for hydroxylation is 1. The van der Waals surface area contributed by atoms with E-state index in [1.165, 1.54) is 18.1 Å². The van der Waals surface area contributed by atoms with Crippen molar-refractivity contribution in [3.05, 3.63) is 99.2 Å². The predicted molar refractivity (Wildman–Crippen MR) is 137 cm³/mol. The number of carbonyl (C=O) groups is 2. The molecule has 3 aromatic carbocycles. The second-order valence-electron chi connectivity index (χ2n) is 8.21. The van der Waals surface area contributed by atoms with Crippen molar-refractivity contribution in [2.45, 2.75) is 13.0 Å². The van der Waals surface area contributed by atoms with Crippen LogP contribution in [0.5, 0.6) is 5.75 Å². The van der Waals surface area contributed by atoms with Crippen molar-refractivity contribution in [1.82, 2.24) is 4.98 Å². The Morgan fingerprint density at radius 3 is 2.51 bits per heavy atom. The van der Waals surface area contributed by atoms with Crippen molar-refractivity contribution in [1.29, 1.82) is 0 Å². The van der Waals surface area contributed by atoms with Crippen molar-refractivity contribution in [3.63, 3.8) is 0 Å². The van der Waals surface area contributed by atoms with Gasteiger partial charge in [0.05, 0.1) is 23.7 Å². The van der Waals surface area contributed by atoms with E-state index in [0.29, 0.717) is 27.6 Å². The van der Waals surface area contributed by atoms with Gasteiger partial charge in [-0.25, -0.2) is 0 Å². The van der Waals surface area contributed by atoms with Crippen LogP contribution in [0.15, 0.2) is 72.3 Å². The maximum Gasteiger partial charge on any atom is 0.300 e. The highest BCUT2D eigenvalue weighted by Crippen LogP contribution is 2.46. The summed E-state index contributed by atoms with van der Waals surface area (Å²) in [5, 5.41) is 12.9. The first-order chi connectivity index (χ1) is 16.8. The Kier molecular flexibility index (Phi) is 5.79. The van der Waals surface area contributed by atoms with Gasteiger partial charge in [-0.2, -0.15) is 0 Å². The lowest BCUT2D eigenvalue weighted by molar-refractivity contribution is -0.132. The number of hydrogen-bond donors (Lipinski definition) is 2. The number of amides is 1. The van der Waals surface area contributed by atoms with E-state index in [4.69, 9.17) is 27.9 Å². The predicted octanol–water partition coefficient (Wildman–Crippen LogP) is 6.42. The molecule has 4 aromatic rings. The highest BCUT2D eigenvalue weighted by Gasteiger charge is 2.48. The first kappa shape index (κ1) is 23.0. The molecule has 1 unspecified atom stereocenters. The number of Topliss-reactive ketones (excluding diaryl/α,β-unsaturated/α-hetero) is 1. The average molecular weight is 507 g/mol. The molecule has 1 saturated heterocycles. The van der Waals surface area contributed by atoms with Gasteiger partial charge in [-0.05, 0) is 49.4 Å². The molecule has 0 spiro atoms. The van der Waals surface area contributed by atoms with Gasteiger partial charge in [-0.3, -0.25) is 14.5 Å². The van der Waals surface area contributed by atoms with Gasteiger partial charge in [0.25, 0.3) is 11.7 Å². The molecule has 35 heavy (non-hydrogen) atoms. The number of aliphatic hydroxyl groups excluding tert-OH is 1. The summed E-state index contributed by atoms with van der Waals surface area (Å²) >= 11 is 12.5. The van der Waals surface area contributed by atoms with Gasteiger partial charge >= 0.3 is 0 Å². The maximum absolute atomic E-state index is 13.4. The largest absolute Gasteiger partial charge is 0.507 e. The number of benzene rings is 3. The van der Waals surface area contributed by atoms with Crippen LogP contribution in [-0.2, 0) is 9.59 Å². The summed E-state index contributed by atoms with van der Waals surface area (Å²) in [6.45, 7) is 1.87. The zero-order valence-electron chi connectivity index (χ0n) is 18.8. The first-order valence-corrected chi connectivity index (χ1v) is 11.5. The average Bonchev–Trinajstić information content (AvgIpc) is 3.30. The van der Waals surface area contributed by atoms with Crippen molar-refractivity contribution in [3.8, 4) is 5.75 Å². The molecule has 0 saturated carbocycles. The molecule has 1 aromatic heterocycles.